The van der Waals surface area contributed by atoms with Crippen molar-refractivity contribution >= 4 is 23.4 Å². The van der Waals surface area contributed by atoms with Gasteiger partial charge in [0.1, 0.15) is 5.69 Å². The zero-order valence-electron chi connectivity index (χ0n) is 12.9. The van der Waals surface area contributed by atoms with Crippen LogP contribution in [0, 0.1) is 0 Å². The van der Waals surface area contributed by atoms with Gasteiger partial charge in [-0.1, -0.05) is 60.1 Å². The van der Waals surface area contributed by atoms with Gasteiger partial charge in [-0.25, -0.2) is 4.79 Å². The fraction of sp³-hybridized carbons (Fsp3) is 0.0526. The summed E-state index contributed by atoms with van der Waals surface area (Å²) in [5, 5.41) is 0.484. The number of H-pyrrole nitrogens is 1. The molecule has 0 unspecified atom stereocenters. The summed E-state index contributed by atoms with van der Waals surface area (Å²) < 4.78 is 4.74. The molecule has 1 N–H and O–H groups in total. The number of carbonyl (C=O) groups is 2. The highest BCUT2D eigenvalue weighted by atomic mass is 35.5. The van der Waals surface area contributed by atoms with Gasteiger partial charge in [-0.2, -0.15) is 0 Å². The molecule has 0 radical (unpaired) electrons. The lowest BCUT2D eigenvalue weighted by Crippen LogP contribution is -2.02. The van der Waals surface area contributed by atoms with E-state index >= 15 is 0 Å². The van der Waals surface area contributed by atoms with Gasteiger partial charge in [0, 0.05) is 21.7 Å². The van der Waals surface area contributed by atoms with Gasteiger partial charge < -0.3 is 9.72 Å². The third-order valence-corrected chi connectivity index (χ3v) is 3.98. The van der Waals surface area contributed by atoms with Crippen molar-refractivity contribution in [2.45, 2.75) is 0 Å². The van der Waals surface area contributed by atoms with Gasteiger partial charge in [-0.3, -0.25) is 4.79 Å². The molecule has 0 fully saturated rings. The van der Waals surface area contributed by atoms with Gasteiger partial charge in [0.05, 0.1) is 12.8 Å². The van der Waals surface area contributed by atoms with Crippen LogP contribution in [0.3, 0.4) is 0 Å². The molecule has 0 saturated heterocycles. The predicted octanol–water partition coefficient (Wildman–Crippen LogP) is 4.35. The van der Waals surface area contributed by atoms with Gasteiger partial charge in [0.15, 0.2) is 5.78 Å². The van der Waals surface area contributed by atoms with E-state index in [9.17, 15) is 9.59 Å². The Morgan fingerprint density at radius 1 is 1.00 bits per heavy atom. The second-order valence-electron chi connectivity index (χ2n) is 5.14. The van der Waals surface area contributed by atoms with Crippen LogP contribution in [0.2, 0.25) is 5.02 Å². The van der Waals surface area contributed by atoms with E-state index < -0.39 is 5.97 Å². The van der Waals surface area contributed by atoms with E-state index in [-0.39, 0.29) is 11.5 Å². The number of halogens is 1. The number of methoxy groups -OCH3 is 1. The van der Waals surface area contributed by atoms with Crippen LogP contribution in [0.5, 0.6) is 0 Å². The van der Waals surface area contributed by atoms with Crippen molar-refractivity contribution in [2.24, 2.45) is 0 Å². The number of carbonyl (C=O) groups excluding carboxylic acids is 2. The average Bonchev–Trinajstić information content (AvgIpc) is 3.06. The van der Waals surface area contributed by atoms with Crippen LogP contribution < -0.4 is 0 Å². The Labute approximate surface area is 144 Å². The monoisotopic (exact) mass is 339 g/mol. The Balaban J connectivity index is 2.17. The molecule has 3 rings (SSSR count). The van der Waals surface area contributed by atoms with Crippen molar-refractivity contribution in [3.05, 3.63) is 82.5 Å². The number of hydrogen-bond donors (Lipinski definition) is 1. The van der Waals surface area contributed by atoms with Crippen molar-refractivity contribution in [1.29, 1.82) is 0 Å². The first-order valence-corrected chi connectivity index (χ1v) is 7.65. The number of nitrogens with one attached hydrogen (secondary N) is 1. The fourth-order valence-electron chi connectivity index (χ4n) is 2.47. The minimum absolute atomic E-state index is 0.197. The quantitative estimate of drug-likeness (QED) is 0.567. The van der Waals surface area contributed by atoms with Gasteiger partial charge in [-0.05, 0) is 12.1 Å². The molecule has 1 heterocycles. The number of ether oxygens (including phenoxy) is 1. The van der Waals surface area contributed by atoms with Crippen molar-refractivity contribution in [2.75, 3.05) is 7.11 Å². The normalized spacial score (nSPS) is 10.4. The molecule has 2 aromatic carbocycles. The molecule has 0 amide bonds. The number of hydrogen-bond acceptors (Lipinski definition) is 3. The predicted molar refractivity (Wildman–Crippen MR) is 92.5 cm³/mol. The zero-order chi connectivity index (χ0) is 17.1. The number of benzene rings is 2. The molecule has 0 aliphatic rings. The SMILES string of the molecule is COC(=O)c1cc(C(=O)c2ccccc2)c(-c2ccccc2Cl)[nH]1. The molecular weight excluding hydrogens is 326 g/mol. The maximum absolute atomic E-state index is 12.9. The van der Waals surface area contributed by atoms with E-state index in [0.717, 1.165) is 0 Å². The maximum atomic E-state index is 12.9. The summed E-state index contributed by atoms with van der Waals surface area (Å²) in [6.45, 7) is 0. The largest absolute Gasteiger partial charge is 0.464 e. The number of esters is 1. The minimum Gasteiger partial charge on any atom is -0.464 e. The van der Waals surface area contributed by atoms with Crippen LogP contribution in [-0.2, 0) is 4.74 Å². The fourth-order valence-corrected chi connectivity index (χ4v) is 2.71. The lowest BCUT2D eigenvalue weighted by molar-refractivity contribution is 0.0595. The van der Waals surface area contributed by atoms with Gasteiger partial charge in [0.25, 0.3) is 0 Å². The molecule has 3 aromatic rings. The second kappa shape index (κ2) is 6.72. The minimum atomic E-state index is -0.546. The van der Waals surface area contributed by atoms with Crippen molar-refractivity contribution in [1.82, 2.24) is 4.98 Å². The van der Waals surface area contributed by atoms with Gasteiger partial charge >= 0.3 is 5.97 Å². The van der Waals surface area contributed by atoms with Crippen LogP contribution in [-0.4, -0.2) is 23.8 Å². The van der Waals surface area contributed by atoms with E-state index in [1.165, 1.54) is 13.2 Å². The molecule has 0 bridgehead atoms. The van der Waals surface area contributed by atoms with E-state index in [1.54, 1.807) is 42.5 Å². The molecule has 120 valence electrons. The van der Waals surface area contributed by atoms with Crippen LogP contribution in [0.15, 0.2) is 60.7 Å². The number of aromatic amines is 1. The van der Waals surface area contributed by atoms with Crippen molar-refractivity contribution in [3.63, 3.8) is 0 Å². The maximum Gasteiger partial charge on any atom is 0.354 e. The van der Waals surface area contributed by atoms with E-state index in [2.05, 4.69) is 4.98 Å². The Bertz CT molecular complexity index is 900. The van der Waals surface area contributed by atoms with Crippen molar-refractivity contribution in [3.8, 4) is 11.3 Å². The molecule has 4 nitrogen and oxygen atoms in total. The van der Waals surface area contributed by atoms with E-state index in [1.807, 2.05) is 12.1 Å². The first kappa shape index (κ1) is 16.0. The summed E-state index contributed by atoms with van der Waals surface area (Å²) in [4.78, 5) is 27.7. The zero-order valence-corrected chi connectivity index (χ0v) is 13.6. The third-order valence-electron chi connectivity index (χ3n) is 3.65. The van der Waals surface area contributed by atoms with Crippen LogP contribution in [0.1, 0.15) is 26.4 Å². The van der Waals surface area contributed by atoms with Crippen LogP contribution in [0.4, 0.5) is 0 Å². The van der Waals surface area contributed by atoms with E-state index in [0.29, 0.717) is 27.4 Å². The summed E-state index contributed by atoms with van der Waals surface area (Å²) in [6, 6.07) is 17.5. The number of rotatable bonds is 4. The topological polar surface area (TPSA) is 59.2 Å². The highest BCUT2D eigenvalue weighted by molar-refractivity contribution is 6.33. The summed E-state index contributed by atoms with van der Waals surface area (Å²) in [5.74, 6) is -0.743. The summed E-state index contributed by atoms with van der Waals surface area (Å²) in [5.41, 5.74) is 2.24. The number of aromatic nitrogens is 1. The lowest BCUT2D eigenvalue weighted by atomic mass is 10.00. The standard InChI is InChI=1S/C19H14ClNO3/c1-24-19(23)16-11-14(18(22)12-7-3-2-4-8-12)17(21-16)13-9-5-6-10-15(13)20/h2-11,21H,1H3. The molecule has 0 spiro atoms. The Morgan fingerprint density at radius 2 is 1.67 bits per heavy atom. The summed E-state index contributed by atoms with van der Waals surface area (Å²) >= 11 is 6.26. The molecule has 1 aromatic heterocycles. The van der Waals surface area contributed by atoms with Crippen molar-refractivity contribution < 1.29 is 14.3 Å². The molecule has 0 atom stereocenters. The van der Waals surface area contributed by atoms with Crippen LogP contribution >= 0.6 is 11.6 Å². The molecule has 0 saturated carbocycles. The van der Waals surface area contributed by atoms with Gasteiger partial charge in [0.2, 0.25) is 0 Å². The molecule has 5 heteroatoms. The number of ketones is 1. The summed E-state index contributed by atoms with van der Waals surface area (Å²) in [6.07, 6.45) is 0. The first-order valence-electron chi connectivity index (χ1n) is 7.27. The second-order valence-corrected chi connectivity index (χ2v) is 5.55. The van der Waals surface area contributed by atoms with Gasteiger partial charge in [-0.15, -0.1) is 0 Å². The van der Waals surface area contributed by atoms with E-state index in [4.69, 9.17) is 16.3 Å². The highest BCUT2D eigenvalue weighted by Crippen LogP contribution is 2.31. The first-order chi connectivity index (χ1) is 11.6. The smallest absolute Gasteiger partial charge is 0.354 e. The third kappa shape index (κ3) is 2.96. The Kier molecular flexibility index (Phi) is 4.49. The molecular formula is C19H14ClNO3. The molecule has 0 aliphatic heterocycles. The lowest BCUT2D eigenvalue weighted by Gasteiger charge is -2.06. The van der Waals surface area contributed by atoms with Crippen LogP contribution in [0.25, 0.3) is 11.3 Å². The highest BCUT2D eigenvalue weighted by Gasteiger charge is 2.22. The Morgan fingerprint density at radius 3 is 2.33 bits per heavy atom. The molecule has 0 aliphatic carbocycles. The Hall–Kier alpha value is -2.85. The average molecular weight is 340 g/mol. The molecule has 24 heavy (non-hydrogen) atoms. The summed E-state index contributed by atoms with van der Waals surface area (Å²) in [7, 11) is 1.29.